The number of carbonyl (C=O) groups is 1. The Labute approximate surface area is 160 Å². The Kier molecular flexibility index (Phi) is 5.68. The molecule has 27 heavy (non-hydrogen) atoms. The molecule has 140 valence electrons. The number of hydrogen-bond acceptors (Lipinski definition) is 6. The average molecular weight is 388 g/mol. The minimum atomic E-state index is -0.663. The Morgan fingerprint density at radius 1 is 1.26 bits per heavy atom. The van der Waals surface area contributed by atoms with Crippen LogP contribution in [0.5, 0.6) is 5.75 Å². The zero-order chi connectivity index (χ0) is 19.4. The molecule has 8 nitrogen and oxygen atoms in total. The van der Waals surface area contributed by atoms with Gasteiger partial charge in [-0.25, -0.2) is 4.79 Å². The van der Waals surface area contributed by atoms with Gasteiger partial charge < -0.3 is 15.2 Å². The first kappa shape index (κ1) is 18.8. The molecule has 2 N–H and O–H groups in total. The first-order valence-electron chi connectivity index (χ1n) is 8.22. The van der Waals surface area contributed by atoms with Crippen LogP contribution in [-0.4, -0.2) is 44.1 Å². The molecule has 9 heteroatoms. The molecule has 0 radical (unpaired) electrons. The van der Waals surface area contributed by atoms with Crippen LogP contribution in [0.2, 0.25) is 5.02 Å². The van der Waals surface area contributed by atoms with Crippen LogP contribution in [0.25, 0.3) is 16.8 Å². The first-order chi connectivity index (χ1) is 13.0. The fraction of sp³-hybridized carbons (Fsp3) is 0.222. The summed E-state index contributed by atoms with van der Waals surface area (Å²) in [5, 5.41) is 23.7. The van der Waals surface area contributed by atoms with E-state index in [1.54, 1.807) is 42.8 Å². The molecule has 3 aromatic rings. The van der Waals surface area contributed by atoms with E-state index >= 15 is 0 Å². The van der Waals surface area contributed by atoms with Crippen LogP contribution < -0.4 is 10.1 Å². The molecule has 1 amide bonds. The Morgan fingerprint density at radius 2 is 2.00 bits per heavy atom. The standard InChI is InChI=1S/C18H18ClN5O3/c1-11(10-25)20-18(26)27-17-8-14(13-3-5-15(19)6-4-13)7-16(9-17)24-12(2)21-22-23-24/h3-9,11,25H,10H2,1-2H3,(H,20,26). The molecule has 0 fully saturated rings. The number of nitrogens with one attached hydrogen (secondary N) is 1. The summed E-state index contributed by atoms with van der Waals surface area (Å²) in [5.74, 6) is 0.905. The maximum atomic E-state index is 12.0. The van der Waals surface area contributed by atoms with Gasteiger partial charge in [0.2, 0.25) is 0 Å². The lowest BCUT2D eigenvalue weighted by atomic mass is 10.0. The summed E-state index contributed by atoms with van der Waals surface area (Å²) in [6.07, 6.45) is -0.663. The third-order valence-corrected chi connectivity index (χ3v) is 4.04. The van der Waals surface area contributed by atoms with Crippen molar-refractivity contribution in [3.63, 3.8) is 0 Å². The summed E-state index contributed by atoms with van der Waals surface area (Å²) in [6.45, 7) is 3.25. The molecule has 0 saturated heterocycles. The maximum Gasteiger partial charge on any atom is 0.412 e. The predicted octanol–water partition coefficient (Wildman–Crippen LogP) is 2.76. The second-order valence-electron chi connectivity index (χ2n) is 5.98. The molecule has 0 saturated carbocycles. The molecule has 0 spiro atoms. The van der Waals surface area contributed by atoms with Crippen LogP contribution in [0.3, 0.4) is 0 Å². The average Bonchev–Trinajstić information content (AvgIpc) is 3.07. The Hall–Kier alpha value is -2.97. The van der Waals surface area contributed by atoms with Gasteiger partial charge in [-0.15, -0.1) is 5.10 Å². The normalized spacial score (nSPS) is 11.9. The number of aromatic nitrogens is 4. The van der Waals surface area contributed by atoms with Crippen LogP contribution in [0.15, 0.2) is 42.5 Å². The molecule has 0 aliphatic carbocycles. The number of hydrogen-bond donors (Lipinski definition) is 2. The topological polar surface area (TPSA) is 102 Å². The fourth-order valence-corrected chi connectivity index (χ4v) is 2.55. The molecular formula is C18H18ClN5O3. The van der Waals surface area contributed by atoms with E-state index in [0.717, 1.165) is 11.1 Å². The number of nitrogens with zero attached hydrogens (tertiary/aromatic N) is 4. The van der Waals surface area contributed by atoms with Crippen molar-refractivity contribution in [3.8, 4) is 22.6 Å². The van der Waals surface area contributed by atoms with Gasteiger partial charge in [-0.2, -0.15) is 4.68 Å². The highest BCUT2D eigenvalue weighted by Crippen LogP contribution is 2.29. The SMILES string of the molecule is Cc1nnnn1-c1cc(OC(=O)NC(C)CO)cc(-c2ccc(Cl)cc2)c1. The van der Waals surface area contributed by atoms with Gasteiger partial charge in [-0.3, -0.25) is 0 Å². The molecule has 0 aliphatic rings. The van der Waals surface area contributed by atoms with Gasteiger partial charge in [0.1, 0.15) is 5.75 Å². The van der Waals surface area contributed by atoms with E-state index in [9.17, 15) is 4.79 Å². The van der Waals surface area contributed by atoms with E-state index in [2.05, 4.69) is 20.8 Å². The van der Waals surface area contributed by atoms with Gasteiger partial charge in [0.15, 0.2) is 5.82 Å². The maximum absolute atomic E-state index is 12.0. The summed E-state index contributed by atoms with van der Waals surface area (Å²) >= 11 is 5.97. The van der Waals surface area contributed by atoms with Gasteiger partial charge >= 0.3 is 6.09 Å². The van der Waals surface area contributed by atoms with Crippen LogP contribution in [0.4, 0.5) is 4.79 Å². The monoisotopic (exact) mass is 387 g/mol. The second-order valence-corrected chi connectivity index (χ2v) is 6.41. The third-order valence-electron chi connectivity index (χ3n) is 3.79. The van der Waals surface area contributed by atoms with E-state index in [0.29, 0.717) is 22.3 Å². The van der Waals surface area contributed by atoms with Crippen molar-refractivity contribution >= 4 is 17.7 Å². The number of halogens is 1. The van der Waals surface area contributed by atoms with E-state index < -0.39 is 12.1 Å². The number of tetrazole rings is 1. The zero-order valence-electron chi connectivity index (χ0n) is 14.8. The highest BCUT2D eigenvalue weighted by molar-refractivity contribution is 6.30. The van der Waals surface area contributed by atoms with Crippen LogP contribution in [0.1, 0.15) is 12.7 Å². The molecule has 0 bridgehead atoms. The zero-order valence-corrected chi connectivity index (χ0v) is 15.5. The number of ether oxygens (including phenoxy) is 1. The van der Waals surface area contributed by atoms with Gasteiger partial charge in [-0.1, -0.05) is 23.7 Å². The number of rotatable bonds is 5. The van der Waals surface area contributed by atoms with Gasteiger partial charge in [0.05, 0.1) is 18.3 Å². The summed E-state index contributed by atoms with van der Waals surface area (Å²) in [7, 11) is 0. The van der Waals surface area contributed by atoms with E-state index in [1.165, 1.54) is 0 Å². The van der Waals surface area contributed by atoms with Crippen molar-refractivity contribution in [1.82, 2.24) is 25.5 Å². The van der Waals surface area contributed by atoms with E-state index in [1.807, 2.05) is 18.2 Å². The second kappa shape index (κ2) is 8.15. The van der Waals surface area contributed by atoms with Crippen molar-refractivity contribution in [3.05, 3.63) is 53.3 Å². The number of carbonyl (C=O) groups excluding carboxylic acids is 1. The van der Waals surface area contributed by atoms with Crippen molar-refractivity contribution in [2.75, 3.05) is 6.61 Å². The van der Waals surface area contributed by atoms with Crippen molar-refractivity contribution in [2.45, 2.75) is 19.9 Å². The largest absolute Gasteiger partial charge is 0.412 e. The molecule has 1 atom stereocenters. The van der Waals surface area contributed by atoms with Crippen molar-refractivity contribution < 1.29 is 14.6 Å². The molecule has 1 aromatic heterocycles. The minimum absolute atomic E-state index is 0.186. The Bertz CT molecular complexity index is 942. The number of aliphatic hydroxyl groups excluding tert-OH is 1. The first-order valence-corrected chi connectivity index (χ1v) is 8.59. The highest BCUT2D eigenvalue weighted by atomic mass is 35.5. The molecular weight excluding hydrogens is 370 g/mol. The Morgan fingerprint density at radius 3 is 2.63 bits per heavy atom. The summed E-state index contributed by atoms with van der Waals surface area (Å²) < 4.78 is 6.92. The summed E-state index contributed by atoms with van der Waals surface area (Å²) in [6, 6.07) is 12.1. The van der Waals surface area contributed by atoms with Crippen LogP contribution in [-0.2, 0) is 0 Å². The summed E-state index contributed by atoms with van der Waals surface area (Å²) in [5.41, 5.74) is 2.33. The lowest BCUT2D eigenvalue weighted by Gasteiger charge is -2.13. The molecule has 3 rings (SSSR count). The fourth-order valence-electron chi connectivity index (χ4n) is 2.43. The van der Waals surface area contributed by atoms with Gasteiger partial charge in [-0.05, 0) is 59.7 Å². The van der Waals surface area contributed by atoms with Gasteiger partial charge in [0, 0.05) is 11.1 Å². The molecule has 1 heterocycles. The minimum Gasteiger partial charge on any atom is -0.410 e. The lowest BCUT2D eigenvalue weighted by molar-refractivity contribution is 0.186. The number of benzene rings is 2. The number of aliphatic hydroxyl groups is 1. The smallest absolute Gasteiger partial charge is 0.410 e. The highest BCUT2D eigenvalue weighted by Gasteiger charge is 2.13. The van der Waals surface area contributed by atoms with Crippen LogP contribution in [0, 0.1) is 6.92 Å². The number of amides is 1. The van der Waals surface area contributed by atoms with Crippen LogP contribution >= 0.6 is 11.6 Å². The molecule has 1 unspecified atom stereocenters. The molecule has 0 aliphatic heterocycles. The number of aryl methyl sites for hydroxylation is 1. The summed E-state index contributed by atoms with van der Waals surface area (Å²) in [4.78, 5) is 12.0. The van der Waals surface area contributed by atoms with Gasteiger partial charge in [0.25, 0.3) is 0 Å². The van der Waals surface area contributed by atoms with E-state index in [4.69, 9.17) is 21.4 Å². The third kappa shape index (κ3) is 4.60. The quantitative estimate of drug-likeness (QED) is 0.697. The van der Waals surface area contributed by atoms with Crippen molar-refractivity contribution in [2.24, 2.45) is 0 Å². The Balaban J connectivity index is 1.99. The van der Waals surface area contributed by atoms with E-state index in [-0.39, 0.29) is 6.61 Å². The lowest BCUT2D eigenvalue weighted by Crippen LogP contribution is -2.37. The predicted molar refractivity (Wildman–Crippen MR) is 100 cm³/mol. The molecule has 2 aromatic carbocycles. The van der Waals surface area contributed by atoms with Crippen molar-refractivity contribution in [1.29, 1.82) is 0 Å².